The molecular formula is C57H39NO. The summed E-state index contributed by atoms with van der Waals surface area (Å²) in [7, 11) is 0. The van der Waals surface area contributed by atoms with E-state index < -0.39 is 0 Å². The molecule has 278 valence electrons. The average Bonchev–Trinajstić information content (AvgIpc) is 3.65. The van der Waals surface area contributed by atoms with Crippen molar-refractivity contribution in [2.75, 3.05) is 4.90 Å². The van der Waals surface area contributed by atoms with Crippen LogP contribution in [-0.4, -0.2) is 0 Å². The lowest BCUT2D eigenvalue weighted by Gasteiger charge is -2.26. The number of anilines is 3. The highest BCUT2D eigenvalue weighted by atomic mass is 16.3. The van der Waals surface area contributed by atoms with Gasteiger partial charge in [0.1, 0.15) is 11.3 Å². The quantitative estimate of drug-likeness (QED) is 0.151. The van der Waals surface area contributed by atoms with Crippen molar-refractivity contribution in [3.05, 3.63) is 224 Å². The maximum Gasteiger partial charge on any atom is 0.138 e. The first-order chi connectivity index (χ1) is 29.1. The Kier molecular flexibility index (Phi) is 8.41. The second kappa shape index (κ2) is 14.4. The fourth-order valence-corrected chi connectivity index (χ4v) is 8.80. The lowest BCUT2D eigenvalue weighted by Crippen LogP contribution is -2.09. The Balaban J connectivity index is 0.958. The third-order valence-electron chi connectivity index (χ3n) is 11.9. The maximum absolute atomic E-state index is 6.35. The second-order valence-electron chi connectivity index (χ2n) is 15.4. The Hall–Kier alpha value is -7.68. The van der Waals surface area contributed by atoms with Crippen LogP contribution >= 0.6 is 0 Å². The summed E-state index contributed by atoms with van der Waals surface area (Å²) in [6, 6.07) is 78.8. The second-order valence-corrected chi connectivity index (χ2v) is 15.4. The van der Waals surface area contributed by atoms with Gasteiger partial charge >= 0.3 is 0 Å². The zero-order valence-corrected chi connectivity index (χ0v) is 32.6. The molecule has 0 spiro atoms. The molecule has 59 heavy (non-hydrogen) atoms. The zero-order chi connectivity index (χ0) is 39.3. The van der Waals surface area contributed by atoms with Crippen LogP contribution in [0.3, 0.4) is 0 Å². The number of aryl methyl sites for hydroxylation is 1. The lowest BCUT2D eigenvalue weighted by atomic mass is 9.97. The fraction of sp³-hybridized carbons (Fsp3) is 0.0175. The number of furan rings is 1. The van der Waals surface area contributed by atoms with Crippen LogP contribution in [0, 0.1) is 6.92 Å². The van der Waals surface area contributed by atoms with Gasteiger partial charge in [0, 0.05) is 33.6 Å². The van der Waals surface area contributed by atoms with E-state index in [9.17, 15) is 0 Å². The van der Waals surface area contributed by atoms with Crippen LogP contribution in [0.1, 0.15) is 5.56 Å². The van der Waals surface area contributed by atoms with Gasteiger partial charge in [-0.2, -0.15) is 0 Å². The van der Waals surface area contributed by atoms with E-state index in [0.29, 0.717) is 0 Å². The molecule has 11 rings (SSSR count). The van der Waals surface area contributed by atoms with Gasteiger partial charge in [0.05, 0.1) is 0 Å². The molecule has 11 aromatic rings. The summed E-state index contributed by atoms with van der Waals surface area (Å²) in [6.45, 7) is 2.14. The lowest BCUT2D eigenvalue weighted by molar-refractivity contribution is 0.629. The number of fused-ring (bicyclic) bond motifs is 5. The summed E-state index contributed by atoms with van der Waals surface area (Å²) in [5, 5.41) is 8.73. The Labute approximate surface area is 343 Å². The molecule has 0 fully saturated rings. The number of rotatable bonds is 7. The van der Waals surface area contributed by atoms with E-state index in [1.54, 1.807) is 0 Å². The number of nitrogens with zero attached hydrogens (tertiary/aromatic N) is 1. The van der Waals surface area contributed by atoms with E-state index in [-0.39, 0.29) is 0 Å². The minimum Gasteiger partial charge on any atom is -0.456 e. The first-order valence-corrected chi connectivity index (χ1v) is 20.2. The van der Waals surface area contributed by atoms with E-state index >= 15 is 0 Å². The third kappa shape index (κ3) is 6.23. The van der Waals surface area contributed by atoms with E-state index in [1.807, 2.05) is 12.1 Å². The molecule has 2 heteroatoms. The monoisotopic (exact) mass is 753 g/mol. The molecule has 0 aliphatic rings. The molecule has 0 aliphatic carbocycles. The molecule has 0 atom stereocenters. The topological polar surface area (TPSA) is 16.4 Å². The van der Waals surface area contributed by atoms with Crippen molar-refractivity contribution in [3.8, 4) is 44.7 Å². The summed E-state index contributed by atoms with van der Waals surface area (Å²) in [6.07, 6.45) is 0. The highest BCUT2D eigenvalue weighted by molar-refractivity contribution is 6.08. The van der Waals surface area contributed by atoms with Crippen molar-refractivity contribution < 1.29 is 4.42 Å². The highest BCUT2D eigenvalue weighted by Crippen LogP contribution is 2.40. The van der Waals surface area contributed by atoms with Gasteiger partial charge in [0.15, 0.2) is 0 Å². The van der Waals surface area contributed by atoms with Crippen LogP contribution in [0.25, 0.3) is 88.0 Å². The van der Waals surface area contributed by atoms with E-state index in [4.69, 9.17) is 4.42 Å². The summed E-state index contributed by atoms with van der Waals surface area (Å²) < 4.78 is 6.35. The molecule has 0 bridgehead atoms. The Bertz CT molecular complexity index is 3310. The predicted octanol–water partition coefficient (Wildman–Crippen LogP) is 16.3. The van der Waals surface area contributed by atoms with E-state index in [1.165, 1.54) is 54.6 Å². The first-order valence-electron chi connectivity index (χ1n) is 20.2. The van der Waals surface area contributed by atoms with Crippen molar-refractivity contribution in [1.29, 1.82) is 0 Å². The molecule has 2 nitrogen and oxygen atoms in total. The predicted molar refractivity (Wildman–Crippen MR) is 250 cm³/mol. The minimum atomic E-state index is 0.916. The Morgan fingerprint density at radius 1 is 0.322 bits per heavy atom. The third-order valence-corrected chi connectivity index (χ3v) is 11.9. The summed E-state index contributed by atoms with van der Waals surface area (Å²) in [4.78, 5) is 2.35. The molecule has 0 unspecified atom stereocenters. The molecule has 0 saturated carbocycles. The fourth-order valence-electron chi connectivity index (χ4n) is 8.80. The molecule has 0 aliphatic heterocycles. The van der Waals surface area contributed by atoms with Gasteiger partial charge in [-0.15, -0.1) is 0 Å². The molecule has 0 radical (unpaired) electrons. The molecule has 0 N–H and O–H groups in total. The number of benzene rings is 10. The summed E-state index contributed by atoms with van der Waals surface area (Å²) in [5.41, 5.74) is 13.5. The standard InChI is InChI=1S/C57H39NO/c1-38-51-15-6-7-19-56(51)59-57(38)47-14-8-13-44(37-47)39-22-29-48(30-23-39)58(50-33-26-43(27-34-50)54-18-9-12-41-10-2-4-16-52(41)54)49-31-24-40(25-32-49)45-28-35-55-46(36-45)21-20-42-11-3-5-17-53(42)55/h2-37H,1H3. The largest absolute Gasteiger partial charge is 0.456 e. The highest BCUT2D eigenvalue weighted by Gasteiger charge is 2.16. The summed E-state index contributed by atoms with van der Waals surface area (Å²) >= 11 is 0. The molecule has 1 heterocycles. The van der Waals surface area contributed by atoms with Crippen LogP contribution in [0.5, 0.6) is 0 Å². The van der Waals surface area contributed by atoms with Gasteiger partial charge in [0.25, 0.3) is 0 Å². The molecule has 0 saturated heterocycles. The zero-order valence-electron chi connectivity index (χ0n) is 32.6. The molecule has 10 aromatic carbocycles. The van der Waals surface area contributed by atoms with Gasteiger partial charge in [-0.3, -0.25) is 0 Å². The van der Waals surface area contributed by atoms with Crippen LogP contribution in [0.4, 0.5) is 17.1 Å². The molecular weight excluding hydrogens is 715 g/mol. The van der Waals surface area contributed by atoms with Crippen molar-refractivity contribution in [1.82, 2.24) is 0 Å². The van der Waals surface area contributed by atoms with Gasteiger partial charge in [-0.25, -0.2) is 0 Å². The average molecular weight is 754 g/mol. The molecule has 0 amide bonds. The summed E-state index contributed by atoms with van der Waals surface area (Å²) in [5.74, 6) is 0.920. The number of para-hydroxylation sites is 1. The van der Waals surface area contributed by atoms with E-state index in [2.05, 4.69) is 218 Å². The minimum absolute atomic E-state index is 0.916. The first kappa shape index (κ1) is 34.6. The van der Waals surface area contributed by atoms with Crippen molar-refractivity contribution in [3.63, 3.8) is 0 Å². The number of hydrogen-bond donors (Lipinski definition) is 0. The smallest absolute Gasteiger partial charge is 0.138 e. The Morgan fingerprint density at radius 2 is 0.814 bits per heavy atom. The van der Waals surface area contributed by atoms with Crippen LogP contribution in [0.15, 0.2) is 223 Å². The Morgan fingerprint density at radius 3 is 1.51 bits per heavy atom. The van der Waals surface area contributed by atoms with Crippen molar-refractivity contribution in [2.24, 2.45) is 0 Å². The van der Waals surface area contributed by atoms with Crippen molar-refractivity contribution >= 4 is 60.3 Å². The normalized spacial score (nSPS) is 11.5. The van der Waals surface area contributed by atoms with Gasteiger partial charge < -0.3 is 9.32 Å². The molecule has 1 aromatic heterocycles. The van der Waals surface area contributed by atoms with Crippen LogP contribution in [0.2, 0.25) is 0 Å². The SMILES string of the molecule is Cc1c(-c2cccc(-c3ccc(N(c4ccc(-c5ccc6c(ccc7ccccc76)c5)cc4)c4ccc(-c5cccc6ccccc56)cc4)cc3)c2)oc2ccccc12. The van der Waals surface area contributed by atoms with Crippen LogP contribution in [-0.2, 0) is 0 Å². The van der Waals surface area contributed by atoms with E-state index in [0.717, 1.165) is 56.0 Å². The van der Waals surface area contributed by atoms with Crippen LogP contribution < -0.4 is 4.90 Å². The number of hydrogen-bond acceptors (Lipinski definition) is 2. The maximum atomic E-state index is 6.35. The van der Waals surface area contributed by atoms with Gasteiger partial charge in [-0.05, 0) is 127 Å². The van der Waals surface area contributed by atoms with Crippen molar-refractivity contribution in [2.45, 2.75) is 6.92 Å². The van der Waals surface area contributed by atoms with Gasteiger partial charge in [-0.1, -0.05) is 164 Å². The van der Waals surface area contributed by atoms with Gasteiger partial charge in [0.2, 0.25) is 0 Å².